The first-order chi connectivity index (χ1) is 13.9. The summed E-state index contributed by atoms with van der Waals surface area (Å²) in [6.45, 7) is 1.77. The lowest BCUT2D eigenvalue weighted by molar-refractivity contribution is -0.118. The van der Waals surface area contributed by atoms with Crippen LogP contribution in [0.5, 0.6) is 5.75 Å². The summed E-state index contributed by atoms with van der Waals surface area (Å²) in [5.74, 6) is -0.503. The lowest BCUT2D eigenvalue weighted by Crippen LogP contribution is -2.21. The molecule has 154 valence electrons. The van der Waals surface area contributed by atoms with Gasteiger partial charge in [0.2, 0.25) is 5.91 Å². The number of ether oxygens (including phenoxy) is 2. The van der Waals surface area contributed by atoms with Crippen molar-refractivity contribution in [2.45, 2.75) is 24.7 Å². The summed E-state index contributed by atoms with van der Waals surface area (Å²) in [5.41, 5.74) is 1.84. The summed E-state index contributed by atoms with van der Waals surface area (Å²) in [6.07, 6.45) is 3.55. The van der Waals surface area contributed by atoms with E-state index in [9.17, 15) is 14.4 Å². The number of hydrogen-bond acceptors (Lipinski definition) is 6. The molecule has 1 N–H and O–H groups in total. The molecule has 2 rings (SSSR count). The molecule has 0 atom stereocenters. The Balaban J connectivity index is 1.88. The van der Waals surface area contributed by atoms with Gasteiger partial charge in [0, 0.05) is 23.9 Å². The summed E-state index contributed by atoms with van der Waals surface area (Å²) in [5, 5.41) is 2.75. The van der Waals surface area contributed by atoms with Gasteiger partial charge in [-0.05, 0) is 42.9 Å². The summed E-state index contributed by atoms with van der Waals surface area (Å²) < 4.78 is 10.4. The Hall–Kier alpha value is -2.80. The largest absolute Gasteiger partial charge is 0.496 e. The molecular weight excluding hydrogens is 390 g/mol. The van der Waals surface area contributed by atoms with Crippen molar-refractivity contribution in [3.63, 3.8) is 0 Å². The standard InChI is InChI=1S/C22H25NO5S/c1-15(24)23-12-4-5-16-6-8-17(9-7-16)20(25)14-28-22(26)19-11-10-18(29-3)13-21(19)27-2/h6-11,13H,4-5,12,14H2,1-3H3,(H,23,24). The summed E-state index contributed by atoms with van der Waals surface area (Å²) in [6, 6.07) is 12.4. The number of methoxy groups -OCH3 is 1. The molecule has 0 aromatic heterocycles. The quantitative estimate of drug-likeness (QED) is 0.277. The van der Waals surface area contributed by atoms with Crippen LogP contribution in [0, 0.1) is 0 Å². The molecule has 2 aromatic rings. The van der Waals surface area contributed by atoms with Gasteiger partial charge in [-0.1, -0.05) is 24.3 Å². The summed E-state index contributed by atoms with van der Waals surface area (Å²) >= 11 is 1.54. The molecular formula is C22H25NO5S. The van der Waals surface area contributed by atoms with Crippen LogP contribution in [0.3, 0.4) is 0 Å². The number of hydrogen-bond donors (Lipinski definition) is 1. The SMILES string of the molecule is COc1cc(SC)ccc1C(=O)OCC(=O)c1ccc(CCCNC(C)=O)cc1. The van der Waals surface area contributed by atoms with Crippen molar-refractivity contribution in [1.82, 2.24) is 5.32 Å². The fourth-order valence-electron chi connectivity index (χ4n) is 2.67. The van der Waals surface area contributed by atoms with Gasteiger partial charge < -0.3 is 14.8 Å². The molecule has 0 saturated carbocycles. The molecule has 0 aliphatic rings. The topological polar surface area (TPSA) is 81.7 Å². The second-order valence-corrected chi connectivity index (χ2v) is 7.23. The molecule has 1 amide bonds. The van der Waals surface area contributed by atoms with Gasteiger partial charge in [-0.15, -0.1) is 11.8 Å². The minimum Gasteiger partial charge on any atom is -0.496 e. The first kappa shape index (κ1) is 22.5. The Kier molecular flexibility index (Phi) is 8.73. The van der Waals surface area contributed by atoms with Crippen molar-refractivity contribution in [2.24, 2.45) is 0 Å². The van der Waals surface area contributed by atoms with E-state index in [0.29, 0.717) is 17.9 Å². The van der Waals surface area contributed by atoms with Crippen LogP contribution in [-0.4, -0.2) is 44.2 Å². The number of nitrogens with one attached hydrogen (secondary N) is 1. The van der Waals surface area contributed by atoms with Crippen LogP contribution < -0.4 is 10.1 Å². The third-order valence-electron chi connectivity index (χ3n) is 4.26. The van der Waals surface area contributed by atoms with Crippen LogP contribution in [0.2, 0.25) is 0 Å². The zero-order chi connectivity index (χ0) is 21.2. The Morgan fingerprint density at radius 3 is 2.41 bits per heavy atom. The van der Waals surface area contributed by atoms with E-state index < -0.39 is 5.97 Å². The number of benzene rings is 2. The zero-order valence-electron chi connectivity index (χ0n) is 16.8. The van der Waals surface area contributed by atoms with E-state index in [1.807, 2.05) is 18.4 Å². The molecule has 0 aliphatic heterocycles. The van der Waals surface area contributed by atoms with Gasteiger partial charge in [0.05, 0.1) is 7.11 Å². The smallest absolute Gasteiger partial charge is 0.342 e. The molecule has 2 aromatic carbocycles. The molecule has 0 bridgehead atoms. The number of ketones is 1. The molecule has 0 unspecified atom stereocenters. The number of amides is 1. The van der Waals surface area contributed by atoms with Gasteiger partial charge in [0.1, 0.15) is 11.3 Å². The molecule has 0 fully saturated rings. The zero-order valence-corrected chi connectivity index (χ0v) is 17.6. The number of esters is 1. The van der Waals surface area contributed by atoms with E-state index >= 15 is 0 Å². The van der Waals surface area contributed by atoms with Crippen molar-refractivity contribution in [2.75, 3.05) is 26.5 Å². The van der Waals surface area contributed by atoms with Crippen LogP contribution in [0.4, 0.5) is 0 Å². The minimum absolute atomic E-state index is 0.0432. The minimum atomic E-state index is -0.600. The predicted octanol–water partition coefficient (Wildman–Crippen LogP) is 3.53. The van der Waals surface area contributed by atoms with Crippen molar-refractivity contribution in [3.8, 4) is 5.75 Å². The van der Waals surface area contributed by atoms with Crippen molar-refractivity contribution in [3.05, 3.63) is 59.2 Å². The molecule has 0 heterocycles. The highest BCUT2D eigenvalue weighted by atomic mass is 32.2. The normalized spacial score (nSPS) is 10.3. The van der Waals surface area contributed by atoms with E-state index in [1.54, 1.807) is 30.3 Å². The lowest BCUT2D eigenvalue weighted by atomic mass is 10.1. The van der Waals surface area contributed by atoms with E-state index in [2.05, 4.69) is 5.32 Å². The Morgan fingerprint density at radius 2 is 1.79 bits per heavy atom. The van der Waals surface area contributed by atoms with Gasteiger partial charge >= 0.3 is 5.97 Å². The second-order valence-electron chi connectivity index (χ2n) is 6.35. The van der Waals surface area contributed by atoms with Gasteiger partial charge in [-0.25, -0.2) is 4.79 Å². The highest BCUT2D eigenvalue weighted by Gasteiger charge is 2.16. The maximum atomic E-state index is 12.3. The van der Waals surface area contributed by atoms with Crippen LogP contribution in [0.1, 0.15) is 39.6 Å². The Bertz CT molecular complexity index is 864. The highest BCUT2D eigenvalue weighted by Crippen LogP contribution is 2.26. The Labute approximate surface area is 175 Å². The third kappa shape index (κ3) is 6.94. The average molecular weight is 416 g/mol. The van der Waals surface area contributed by atoms with E-state index in [1.165, 1.54) is 25.8 Å². The van der Waals surface area contributed by atoms with Gasteiger partial charge in [0.15, 0.2) is 12.4 Å². The molecule has 7 heteroatoms. The fourth-order valence-corrected chi connectivity index (χ4v) is 3.10. The Morgan fingerprint density at radius 1 is 1.07 bits per heavy atom. The number of carbonyl (C=O) groups excluding carboxylic acids is 3. The summed E-state index contributed by atoms with van der Waals surface area (Å²) in [4.78, 5) is 36.5. The van der Waals surface area contributed by atoms with Crippen molar-refractivity contribution >= 4 is 29.4 Å². The molecule has 6 nitrogen and oxygen atoms in total. The second kappa shape index (κ2) is 11.3. The number of Topliss-reactive ketones (excluding diaryl/α,β-unsaturated/α-hetero) is 1. The first-order valence-electron chi connectivity index (χ1n) is 9.20. The number of thioether (sulfide) groups is 1. The molecule has 0 aliphatic carbocycles. The van der Waals surface area contributed by atoms with Gasteiger partial charge in [-0.2, -0.15) is 0 Å². The maximum absolute atomic E-state index is 12.3. The van der Waals surface area contributed by atoms with Crippen LogP contribution in [0.15, 0.2) is 47.4 Å². The highest BCUT2D eigenvalue weighted by molar-refractivity contribution is 7.98. The predicted molar refractivity (Wildman–Crippen MR) is 113 cm³/mol. The van der Waals surface area contributed by atoms with Gasteiger partial charge in [0.25, 0.3) is 0 Å². The molecule has 0 saturated heterocycles. The average Bonchev–Trinajstić information content (AvgIpc) is 2.74. The van der Waals surface area contributed by atoms with Crippen molar-refractivity contribution in [1.29, 1.82) is 0 Å². The first-order valence-corrected chi connectivity index (χ1v) is 10.4. The number of aryl methyl sites for hydroxylation is 1. The van der Waals surface area contributed by atoms with E-state index in [-0.39, 0.29) is 23.9 Å². The molecule has 0 spiro atoms. The van der Waals surface area contributed by atoms with E-state index in [0.717, 1.165) is 23.3 Å². The van der Waals surface area contributed by atoms with Crippen molar-refractivity contribution < 1.29 is 23.9 Å². The fraction of sp³-hybridized carbons (Fsp3) is 0.318. The monoisotopic (exact) mass is 415 g/mol. The number of rotatable bonds is 10. The van der Waals surface area contributed by atoms with Gasteiger partial charge in [-0.3, -0.25) is 9.59 Å². The van der Waals surface area contributed by atoms with E-state index in [4.69, 9.17) is 9.47 Å². The summed E-state index contributed by atoms with van der Waals surface area (Å²) in [7, 11) is 1.49. The van der Waals surface area contributed by atoms with Crippen LogP contribution >= 0.6 is 11.8 Å². The lowest BCUT2D eigenvalue weighted by Gasteiger charge is -2.10. The maximum Gasteiger partial charge on any atom is 0.342 e. The third-order valence-corrected chi connectivity index (χ3v) is 4.98. The number of carbonyl (C=O) groups is 3. The molecule has 0 radical (unpaired) electrons. The molecule has 29 heavy (non-hydrogen) atoms. The van der Waals surface area contributed by atoms with Crippen LogP contribution in [-0.2, 0) is 16.0 Å². The van der Waals surface area contributed by atoms with Crippen LogP contribution in [0.25, 0.3) is 0 Å².